The average Bonchev–Trinajstić information content (AvgIpc) is 2.43. The number of carbonyl (C=O) groups excluding carboxylic acids is 1. The normalized spacial score (nSPS) is 14.5. The summed E-state index contributed by atoms with van der Waals surface area (Å²) >= 11 is 0. The first kappa shape index (κ1) is 8.99. The summed E-state index contributed by atoms with van der Waals surface area (Å²) in [5.41, 5.74) is 1.79. The number of hydrogen-bond donors (Lipinski definition) is 1. The van der Waals surface area contributed by atoms with Crippen LogP contribution in [0.15, 0.2) is 12.1 Å². The van der Waals surface area contributed by atoms with Gasteiger partial charge in [0, 0.05) is 26.2 Å². The Bertz CT molecular complexity index is 403. The predicted octanol–water partition coefficient (Wildman–Crippen LogP) is 1.45. The second-order valence-electron chi connectivity index (χ2n) is 3.40. The van der Waals surface area contributed by atoms with E-state index in [1.54, 1.807) is 25.1 Å². The molecule has 1 aromatic carbocycles. The summed E-state index contributed by atoms with van der Waals surface area (Å²) in [5.74, 6) is -0.489. The van der Waals surface area contributed by atoms with Crippen LogP contribution in [0.2, 0.25) is 0 Å². The van der Waals surface area contributed by atoms with Crippen LogP contribution in [0.5, 0.6) is 0 Å². The highest BCUT2D eigenvalue weighted by Gasteiger charge is 2.25. The third-order valence-corrected chi connectivity index (χ3v) is 2.45. The number of nitrogens with zero attached hydrogens (tertiary/aromatic N) is 1. The van der Waals surface area contributed by atoms with Gasteiger partial charge in [-0.3, -0.25) is 4.79 Å². The molecule has 1 aliphatic rings. The summed E-state index contributed by atoms with van der Waals surface area (Å²) in [6, 6.07) is 2.99. The molecule has 2 rings (SSSR count). The van der Waals surface area contributed by atoms with Gasteiger partial charge in [0.05, 0.1) is 5.69 Å². The number of anilines is 1. The van der Waals surface area contributed by atoms with Gasteiger partial charge in [0.2, 0.25) is 0 Å². The topological polar surface area (TPSA) is 32.3 Å². The van der Waals surface area contributed by atoms with Crippen molar-refractivity contribution < 1.29 is 9.18 Å². The zero-order valence-electron chi connectivity index (χ0n) is 8.10. The van der Waals surface area contributed by atoms with Crippen molar-refractivity contribution in [2.24, 2.45) is 0 Å². The van der Waals surface area contributed by atoms with Crippen molar-refractivity contribution in [3.8, 4) is 0 Å². The highest BCUT2D eigenvalue weighted by molar-refractivity contribution is 5.98. The first-order valence-electron chi connectivity index (χ1n) is 4.39. The monoisotopic (exact) mass is 194 g/mol. The molecule has 4 heteroatoms. The molecule has 0 saturated heterocycles. The molecule has 0 unspecified atom stereocenters. The van der Waals surface area contributed by atoms with Gasteiger partial charge in [-0.25, -0.2) is 4.39 Å². The lowest BCUT2D eigenvalue weighted by molar-refractivity contribution is 0.0816. The molecule has 0 aliphatic carbocycles. The molecular formula is C10H11FN2O. The number of benzene rings is 1. The maximum Gasteiger partial charge on any atom is 0.254 e. The second kappa shape index (κ2) is 2.97. The molecule has 0 fully saturated rings. The van der Waals surface area contributed by atoms with Crippen molar-refractivity contribution in [3.63, 3.8) is 0 Å². The van der Waals surface area contributed by atoms with Gasteiger partial charge < -0.3 is 10.2 Å². The van der Waals surface area contributed by atoms with Crippen LogP contribution >= 0.6 is 0 Å². The van der Waals surface area contributed by atoms with Gasteiger partial charge in [-0.2, -0.15) is 0 Å². The van der Waals surface area contributed by atoms with Crippen LogP contribution in [-0.4, -0.2) is 24.9 Å². The van der Waals surface area contributed by atoms with E-state index in [0.717, 1.165) is 5.56 Å². The van der Waals surface area contributed by atoms with E-state index >= 15 is 0 Å². The van der Waals surface area contributed by atoms with Crippen LogP contribution in [0, 0.1) is 5.82 Å². The number of amides is 1. The molecule has 14 heavy (non-hydrogen) atoms. The van der Waals surface area contributed by atoms with Crippen LogP contribution in [0.25, 0.3) is 0 Å². The Kier molecular flexibility index (Phi) is 1.91. The van der Waals surface area contributed by atoms with Crippen LogP contribution in [0.4, 0.5) is 10.1 Å². The minimum absolute atomic E-state index is 0.110. The number of rotatable bonds is 1. The third-order valence-electron chi connectivity index (χ3n) is 2.45. The van der Waals surface area contributed by atoms with Gasteiger partial charge in [0.15, 0.2) is 0 Å². The van der Waals surface area contributed by atoms with Gasteiger partial charge in [-0.05, 0) is 17.7 Å². The molecule has 74 valence electrons. The van der Waals surface area contributed by atoms with Crippen molar-refractivity contribution in [2.45, 2.75) is 6.54 Å². The summed E-state index contributed by atoms with van der Waals surface area (Å²) in [7, 11) is 3.37. The van der Waals surface area contributed by atoms with Crippen LogP contribution < -0.4 is 5.32 Å². The highest BCUT2D eigenvalue weighted by atomic mass is 19.1. The molecule has 0 atom stereocenters. The van der Waals surface area contributed by atoms with E-state index in [1.807, 2.05) is 0 Å². The zero-order valence-corrected chi connectivity index (χ0v) is 8.10. The number of nitrogens with one attached hydrogen (secondary N) is 1. The summed E-state index contributed by atoms with van der Waals surface area (Å²) < 4.78 is 13.3. The fraction of sp³-hybridized carbons (Fsp3) is 0.300. The van der Waals surface area contributed by atoms with Crippen molar-refractivity contribution in [1.29, 1.82) is 0 Å². The van der Waals surface area contributed by atoms with Crippen molar-refractivity contribution in [2.75, 3.05) is 19.4 Å². The number of carbonyl (C=O) groups is 1. The minimum Gasteiger partial charge on any atom is -0.386 e. The Morgan fingerprint density at radius 2 is 2.21 bits per heavy atom. The van der Waals surface area contributed by atoms with E-state index in [4.69, 9.17) is 0 Å². The fourth-order valence-corrected chi connectivity index (χ4v) is 1.67. The summed E-state index contributed by atoms with van der Waals surface area (Å²) in [5, 5.41) is 2.75. The Morgan fingerprint density at radius 1 is 1.50 bits per heavy atom. The molecule has 1 heterocycles. The van der Waals surface area contributed by atoms with Gasteiger partial charge in [-0.15, -0.1) is 0 Å². The zero-order chi connectivity index (χ0) is 10.3. The molecular weight excluding hydrogens is 183 g/mol. The summed E-state index contributed by atoms with van der Waals surface area (Å²) in [4.78, 5) is 13.1. The summed E-state index contributed by atoms with van der Waals surface area (Å²) in [6.07, 6.45) is 0. The molecule has 1 N–H and O–H groups in total. The Balaban J connectivity index is 2.54. The smallest absolute Gasteiger partial charge is 0.254 e. The highest BCUT2D eigenvalue weighted by Crippen LogP contribution is 2.26. The molecule has 1 aliphatic heterocycles. The quantitative estimate of drug-likeness (QED) is 0.734. The molecule has 0 bridgehead atoms. The van der Waals surface area contributed by atoms with E-state index in [0.29, 0.717) is 17.8 Å². The maximum absolute atomic E-state index is 13.3. The maximum atomic E-state index is 13.3. The van der Waals surface area contributed by atoms with Crippen molar-refractivity contribution in [3.05, 3.63) is 29.1 Å². The predicted molar refractivity (Wildman–Crippen MR) is 51.7 cm³/mol. The standard InChI is InChI=1S/C10H11FN2O/c1-12-9-3-6-5-13(2)10(14)7(6)4-8(9)11/h3-4,12H,5H2,1-2H3. The molecule has 0 saturated carbocycles. The van der Waals surface area contributed by atoms with E-state index in [-0.39, 0.29) is 11.7 Å². The molecule has 1 aromatic rings. The van der Waals surface area contributed by atoms with Crippen molar-refractivity contribution >= 4 is 11.6 Å². The molecule has 3 nitrogen and oxygen atoms in total. The summed E-state index contributed by atoms with van der Waals surface area (Å²) in [6.45, 7) is 0.559. The third kappa shape index (κ3) is 1.14. The molecule has 0 spiro atoms. The Morgan fingerprint density at radius 3 is 2.86 bits per heavy atom. The SMILES string of the molecule is CNc1cc2c(cc1F)C(=O)N(C)C2. The van der Waals surface area contributed by atoms with Crippen molar-refractivity contribution in [1.82, 2.24) is 4.90 Å². The van der Waals surface area contributed by atoms with Gasteiger partial charge in [-0.1, -0.05) is 0 Å². The van der Waals surface area contributed by atoms with E-state index in [2.05, 4.69) is 5.32 Å². The average molecular weight is 194 g/mol. The van der Waals surface area contributed by atoms with E-state index in [1.165, 1.54) is 6.07 Å². The Labute approximate surface area is 81.5 Å². The van der Waals surface area contributed by atoms with Crippen LogP contribution in [-0.2, 0) is 6.54 Å². The molecule has 0 radical (unpaired) electrons. The first-order chi connectivity index (χ1) is 6.63. The lowest BCUT2D eigenvalue weighted by Gasteiger charge is -2.04. The lowest BCUT2D eigenvalue weighted by atomic mass is 10.1. The first-order valence-corrected chi connectivity index (χ1v) is 4.39. The largest absolute Gasteiger partial charge is 0.386 e. The Hall–Kier alpha value is -1.58. The number of hydrogen-bond acceptors (Lipinski definition) is 2. The minimum atomic E-state index is -0.380. The second-order valence-corrected chi connectivity index (χ2v) is 3.40. The lowest BCUT2D eigenvalue weighted by Crippen LogP contribution is -2.17. The van der Waals surface area contributed by atoms with Gasteiger partial charge in [0.1, 0.15) is 5.82 Å². The fourth-order valence-electron chi connectivity index (χ4n) is 1.67. The number of fused-ring (bicyclic) bond motifs is 1. The van der Waals surface area contributed by atoms with Crippen LogP contribution in [0.1, 0.15) is 15.9 Å². The number of halogens is 1. The molecule has 1 amide bonds. The van der Waals surface area contributed by atoms with E-state index in [9.17, 15) is 9.18 Å². The van der Waals surface area contributed by atoms with Crippen LogP contribution in [0.3, 0.4) is 0 Å². The van der Waals surface area contributed by atoms with Gasteiger partial charge >= 0.3 is 0 Å². The van der Waals surface area contributed by atoms with Gasteiger partial charge in [0.25, 0.3) is 5.91 Å². The molecule has 0 aromatic heterocycles. The van der Waals surface area contributed by atoms with E-state index < -0.39 is 0 Å².